The van der Waals surface area contributed by atoms with Crippen LogP contribution < -0.4 is 5.32 Å². The number of hydrogen-bond acceptors (Lipinski definition) is 5. The number of hydrogen-bond donors (Lipinski definition) is 1. The molecular weight excluding hydrogens is 430 g/mol. The van der Waals surface area contributed by atoms with Crippen LogP contribution in [0.2, 0.25) is 5.02 Å². The Balaban J connectivity index is 1.34. The molecule has 0 fully saturated rings. The van der Waals surface area contributed by atoms with Gasteiger partial charge >= 0.3 is 0 Å². The van der Waals surface area contributed by atoms with E-state index in [1.165, 1.54) is 0 Å². The predicted molar refractivity (Wildman–Crippen MR) is 124 cm³/mol. The standard InChI is InChI=1S/C23H22ClN5OS/c1-2-21-19(14-27-29(21)18-6-3-5-17(24)13-18)23(30)26-10-4-7-22-28-20(15-31-22)16-8-11-25-12-9-16/h3,5-6,8-9,11-15H,2,4,7,10H2,1H3,(H,26,30). The van der Waals surface area contributed by atoms with Crippen molar-refractivity contribution in [3.05, 3.63) is 81.7 Å². The lowest BCUT2D eigenvalue weighted by Gasteiger charge is -2.09. The van der Waals surface area contributed by atoms with Gasteiger partial charge < -0.3 is 5.32 Å². The van der Waals surface area contributed by atoms with Gasteiger partial charge in [-0.2, -0.15) is 5.10 Å². The topological polar surface area (TPSA) is 72.7 Å². The number of aromatic nitrogens is 4. The largest absolute Gasteiger partial charge is 0.352 e. The number of nitrogens with zero attached hydrogens (tertiary/aromatic N) is 4. The minimum Gasteiger partial charge on any atom is -0.352 e. The predicted octanol–water partition coefficient (Wildman–Crippen LogP) is 4.97. The van der Waals surface area contributed by atoms with E-state index in [0.29, 0.717) is 23.6 Å². The molecule has 6 nitrogen and oxygen atoms in total. The highest BCUT2D eigenvalue weighted by Gasteiger charge is 2.17. The molecule has 0 saturated heterocycles. The summed E-state index contributed by atoms with van der Waals surface area (Å²) in [5.74, 6) is -0.109. The Morgan fingerprint density at radius 2 is 2.06 bits per heavy atom. The molecule has 4 aromatic rings. The number of aryl methyl sites for hydroxylation is 1. The molecule has 3 heterocycles. The molecule has 31 heavy (non-hydrogen) atoms. The molecule has 0 bridgehead atoms. The van der Waals surface area contributed by atoms with Crippen LogP contribution in [0.25, 0.3) is 16.9 Å². The first-order valence-corrected chi connectivity index (χ1v) is 11.4. The van der Waals surface area contributed by atoms with E-state index >= 15 is 0 Å². The van der Waals surface area contributed by atoms with Crippen LogP contribution in [-0.2, 0) is 12.8 Å². The van der Waals surface area contributed by atoms with Gasteiger partial charge in [0, 0.05) is 41.3 Å². The van der Waals surface area contributed by atoms with E-state index < -0.39 is 0 Å². The van der Waals surface area contributed by atoms with Crippen LogP contribution in [0.1, 0.15) is 34.4 Å². The van der Waals surface area contributed by atoms with Crippen molar-refractivity contribution in [1.29, 1.82) is 0 Å². The van der Waals surface area contributed by atoms with Crippen molar-refractivity contribution in [1.82, 2.24) is 25.1 Å². The number of benzene rings is 1. The Kier molecular flexibility index (Phi) is 6.74. The zero-order chi connectivity index (χ0) is 21.6. The van der Waals surface area contributed by atoms with Gasteiger partial charge in [0.15, 0.2) is 0 Å². The molecule has 1 amide bonds. The zero-order valence-electron chi connectivity index (χ0n) is 17.1. The average Bonchev–Trinajstić information content (AvgIpc) is 3.44. The molecular formula is C23H22ClN5OS. The molecule has 3 aromatic heterocycles. The molecule has 0 aliphatic carbocycles. The molecule has 0 aliphatic heterocycles. The smallest absolute Gasteiger partial charge is 0.254 e. The molecule has 0 saturated carbocycles. The van der Waals surface area contributed by atoms with E-state index in [0.717, 1.165) is 40.5 Å². The molecule has 0 radical (unpaired) electrons. The second-order valence-corrected chi connectivity index (χ2v) is 8.35. The van der Waals surface area contributed by atoms with Crippen LogP contribution in [0.5, 0.6) is 0 Å². The van der Waals surface area contributed by atoms with E-state index in [1.54, 1.807) is 34.6 Å². The number of pyridine rings is 1. The van der Waals surface area contributed by atoms with Gasteiger partial charge in [-0.1, -0.05) is 24.6 Å². The number of carbonyl (C=O) groups is 1. The van der Waals surface area contributed by atoms with E-state index in [9.17, 15) is 4.79 Å². The fourth-order valence-electron chi connectivity index (χ4n) is 3.35. The van der Waals surface area contributed by atoms with Crippen molar-refractivity contribution in [3.63, 3.8) is 0 Å². The normalized spacial score (nSPS) is 10.9. The third-order valence-corrected chi connectivity index (χ3v) is 6.03. The van der Waals surface area contributed by atoms with Gasteiger partial charge in [0.1, 0.15) is 0 Å². The fraction of sp³-hybridized carbons (Fsp3) is 0.217. The first-order chi connectivity index (χ1) is 15.2. The summed E-state index contributed by atoms with van der Waals surface area (Å²) in [6.45, 7) is 2.59. The first-order valence-electron chi connectivity index (χ1n) is 10.1. The van der Waals surface area contributed by atoms with Crippen molar-refractivity contribution in [2.45, 2.75) is 26.2 Å². The van der Waals surface area contributed by atoms with Gasteiger partial charge in [-0.05, 0) is 43.2 Å². The summed E-state index contributed by atoms with van der Waals surface area (Å²) in [6, 6.07) is 11.4. The second-order valence-electron chi connectivity index (χ2n) is 6.97. The van der Waals surface area contributed by atoms with E-state index in [-0.39, 0.29) is 5.91 Å². The summed E-state index contributed by atoms with van der Waals surface area (Å²) in [6.07, 6.45) is 7.48. The van der Waals surface area contributed by atoms with Crippen molar-refractivity contribution in [2.75, 3.05) is 6.54 Å². The summed E-state index contributed by atoms with van der Waals surface area (Å²) in [5.41, 5.74) is 4.33. The maximum Gasteiger partial charge on any atom is 0.254 e. The third kappa shape index (κ3) is 5.00. The zero-order valence-corrected chi connectivity index (χ0v) is 18.7. The summed E-state index contributed by atoms with van der Waals surface area (Å²) < 4.78 is 1.77. The van der Waals surface area contributed by atoms with Gasteiger partial charge in [-0.3, -0.25) is 9.78 Å². The van der Waals surface area contributed by atoms with E-state index in [1.807, 2.05) is 43.3 Å². The molecule has 4 rings (SSSR count). The van der Waals surface area contributed by atoms with Gasteiger partial charge in [-0.25, -0.2) is 9.67 Å². The Bertz CT molecular complexity index is 1170. The lowest BCUT2D eigenvalue weighted by molar-refractivity contribution is 0.0952. The number of amides is 1. The van der Waals surface area contributed by atoms with Crippen molar-refractivity contribution < 1.29 is 4.79 Å². The molecule has 8 heteroatoms. The minimum absolute atomic E-state index is 0.109. The second kappa shape index (κ2) is 9.85. The van der Waals surface area contributed by atoms with Crippen molar-refractivity contribution >= 4 is 28.8 Å². The van der Waals surface area contributed by atoms with Crippen molar-refractivity contribution in [2.24, 2.45) is 0 Å². The molecule has 0 atom stereocenters. The Morgan fingerprint density at radius 1 is 1.23 bits per heavy atom. The highest BCUT2D eigenvalue weighted by atomic mass is 35.5. The van der Waals surface area contributed by atoms with Gasteiger partial charge in [0.05, 0.1) is 33.8 Å². The number of carbonyl (C=O) groups excluding carboxylic acids is 1. The van der Waals surface area contributed by atoms with Crippen LogP contribution in [0.4, 0.5) is 0 Å². The quantitative estimate of drug-likeness (QED) is 0.384. The van der Waals surface area contributed by atoms with Crippen LogP contribution in [-0.4, -0.2) is 32.2 Å². The Labute approximate surface area is 189 Å². The van der Waals surface area contributed by atoms with Crippen LogP contribution in [0.3, 0.4) is 0 Å². The van der Waals surface area contributed by atoms with E-state index in [2.05, 4.69) is 25.8 Å². The molecule has 0 aliphatic rings. The van der Waals surface area contributed by atoms with Crippen LogP contribution in [0.15, 0.2) is 60.4 Å². The highest BCUT2D eigenvalue weighted by Crippen LogP contribution is 2.22. The number of thiazole rings is 1. The van der Waals surface area contributed by atoms with E-state index in [4.69, 9.17) is 11.6 Å². The van der Waals surface area contributed by atoms with Crippen LogP contribution >= 0.6 is 22.9 Å². The summed E-state index contributed by atoms with van der Waals surface area (Å²) in [4.78, 5) is 21.4. The minimum atomic E-state index is -0.109. The number of rotatable bonds is 8. The highest BCUT2D eigenvalue weighted by molar-refractivity contribution is 7.09. The lowest BCUT2D eigenvalue weighted by atomic mass is 10.2. The lowest BCUT2D eigenvalue weighted by Crippen LogP contribution is -2.25. The molecule has 1 aromatic carbocycles. The summed E-state index contributed by atoms with van der Waals surface area (Å²) in [5, 5.41) is 11.2. The first kappa shape index (κ1) is 21.2. The van der Waals surface area contributed by atoms with Gasteiger partial charge in [-0.15, -0.1) is 11.3 Å². The fourth-order valence-corrected chi connectivity index (χ4v) is 4.39. The molecule has 0 unspecified atom stereocenters. The summed E-state index contributed by atoms with van der Waals surface area (Å²) >= 11 is 7.74. The van der Waals surface area contributed by atoms with Gasteiger partial charge in [0.2, 0.25) is 0 Å². The molecule has 158 valence electrons. The third-order valence-electron chi connectivity index (χ3n) is 4.88. The number of nitrogens with one attached hydrogen (secondary N) is 1. The summed E-state index contributed by atoms with van der Waals surface area (Å²) in [7, 11) is 0. The number of halogens is 1. The SMILES string of the molecule is CCc1c(C(=O)NCCCc2nc(-c3ccncc3)cs2)cnn1-c1cccc(Cl)c1. The monoisotopic (exact) mass is 451 g/mol. The molecule has 0 spiro atoms. The maximum atomic E-state index is 12.7. The Hall–Kier alpha value is -3.03. The van der Waals surface area contributed by atoms with Crippen LogP contribution in [0, 0.1) is 0 Å². The molecule has 1 N–H and O–H groups in total. The van der Waals surface area contributed by atoms with Crippen molar-refractivity contribution in [3.8, 4) is 16.9 Å². The Morgan fingerprint density at radius 3 is 2.84 bits per heavy atom. The maximum absolute atomic E-state index is 12.7. The van der Waals surface area contributed by atoms with Gasteiger partial charge in [0.25, 0.3) is 5.91 Å². The average molecular weight is 452 g/mol.